The van der Waals surface area contributed by atoms with Gasteiger partial charge in [0.05, 0.1) is 4.90 Å². The SMILES string of the molecule is CC1(C)SC(C(N)=O)N(S(=O)(=O)c2ccc3c(c2)oc2ccccc23)C1C(=O)O. The van der Waals surface area contributed by atoms with Gasteiger partial charge in [-0.1, -0.05) is 18.2 Å². The van der Waals surface area contributed by atoms with E-state index < -0.39 is 38.1 Å². The third-order valence-corrected chi connectivity index (χ3v) is 8.44. The molecular formula is C19H18N2O6S2. The van der Waals surface area contributed by atoms with Crippen LogP contribution in [0.5, 0.6) is 0 Å². The van der Waals surface area contributed by atoms with Crippen molar-refractivity contribution in [2.24, 2.45) is 5.73 Å². The number of hydrogen-bond acceptors (Lipinski definition) is 6. The minimum absolute atomic E-state index is 0.167. The lowest BCUT2D eigenvalue weighted by molar-refractivity contribution is -0.142. The van der Waals surface area contributed by atoms with E-state index in [-0.39, 0.29) is 4.90 Å². The number of para-hydroxylation sites is 1. The van der Waals surface area contributed by atoms with Crippen LogP contribution in [0.15, 0.2) is 51.8 Å². The Morgan fingerprint density at radius 2 is 1.79 bits per heavy atom. The number of primary amides is 1. The van der Waals surface area contributed by atoms with Gasteiger partial charge in [0.2, 0.25) is 15.9 Å². The summed E-state index contributed by atoms with van der Waals surface area (Å²) in [6, 6.07) is 10.2. The molecule has 0 radical (unpaired) electrons. The third-order valence-electron chi connectivity index (χ3n) is 4.96. The number of benzene rings is 2. The Bertz CT molecular complexity index is 1260. The smallest absolute Gasteiger partial charge is 0.323 e. The lowest BCUT2D eigenvalue weighted by Gasteiger charge is -2.28. The van der Waals surface area contributed by atoms with Gasteiger partial charge in [-0.2, -0.15) is 4.31 Å². The van der Waals surface area contributed by atoms with Crippen LogP contribution in [0, 0.1) is 0 Å². The molecule has 29 heavy (non-hydrogen) atoms. The van der Waals surface area contributed by atoms with Crippen LogP contribution in [0.3, 0.4) is 0 Å². The summed E-state index contributed by atoms with van der Waals surface area (Å²) in [7, 11) is -4.36. The zero-order chi connectivity index (χ0) is 21.1. The average Bonchev–Trinajstić information content (AvgIpc) is 3.15. The fourth-order valence-electron chi connectivity index (χ4n) is 3.69. The average molecular weight is 434 g/mol. The highest BCUT2D eigenvalue weighted by molar-refractivity contribution is 8.03. The van der Waals surface area contributed by atoms with Crippen molar-refractivity contribution in [3.8, 4) is 0 Å². The van der Waals surface area contributed by atoms with Crippen LogP contribution in [0.25, 0.3) is 21.9 Å². The molecule has 4 rings (SSSR count). The maximum atomic E-state index is 13.4. The number of thioether (sulfide) groups is 1. The van der Waals surface area contributed by atoms with Gasteiger partial charge in [-0.25, -0.2) is 8.42 Å². The number of furan rings is 1. The maximum absolute atomic E-state index is 13.4. The summed E-state index contributed by atoms with van der Waals surface area (Å²) in [5.74, 6) is -2.26. The Labute approximate surface area is 170 Å². The molecule has 0 saturated carbocycles. The minimum Gasteiger partial charge on any atom is -0.480 e. The predicted octanol–water partition coefficient (Wildman–Crippen LogP) is 2.37. The molecule has 1 amide bonds. The molecule has 152 valence electrons. The Morgan fingerprint density at radius 1 is 1.14 bits per heavy atom. The first-order valence-electron chi connectivity index (χ1n) is 8.69. The van der Waals surface area contributed by atoms with E-state index >= 15 is 0 Å². The third kappa shape index (κ3) is 2.98. The fourth-order valence-corrected chi connectivity index (χ4v) is 7.21. The molecule has 0 bridgehead atoms. The molecule has 2 aromatic carbocycles. The van der Waals surface area contributed by atoms with Gasteiger partial charge in [-0.3, -0.25) is 9.59 Å². The van der Waals surface area contributed by atoms with Crippen molar-refractivity contribution in [3.05, 3.63) is 42.5 Å². The van der Waals surface area contributed by atoms with Crippen LogP contribution >= 0.6 is 11.8 Å². The van der Waals surface area contributed by atoms with Gasteiger partial charge in [-0.05, 0) is 32.0 Å². The van der Waals surface area contributed by atoms with E-state index in [9.17, 15) is 23.1 Å². The van der Waals surface area contributed by atoms with Crippen molar-refractivity contribution in [1.82, 2.24) is 4.31 Å². The Hall–Kier alpha value is -2.56. The Balaban J connectivity index is 1.89. The number of carbonyl (C=O) groups excluding carboxylic acids is 1. The molecule has 3 aromatic rings. The first-order chi connectivity index (χ1) is 13.5. The largest absolute Gasteiger partial charge is 0.480 e. The maximum Gasteiger partial charge on any atom is 0.323 e. The van der Waals surface area contributed by atoms with E-state index in [2.05, 4.69) is 0 Å². The summed E-state index contributed by atoms with van der Waals surface area (Å²) in [6.07, 6.45) is 0. The molecule has 2 unspecified atom stereocenters. The lowest BCUT2D eigenvalue weighted by atomic mass is 10.0. The molecule has 2 heterocycles. The number of aliphatic carboxylic acids is 1. The van der Waals surface area contributed by atoms with Crippen LogP contribution in [0.4, 0.5) is 0 Å². The Kier molecular flexibility index (Phi) is 4.41. The van der Waals surface area contributed by atoms with Gasteiger partial charge in [-0.15, -0.1) is 11.8 Å². The van der Waals surface area contributed by atoms with E-state index in [0.29, 0.717) is 15.5 Å². The van der Waals surface area contributed by atoms with Crippen molar-refractivity contribution in [2.75, 3.05) is 0 Å². The fraction of sp³-hybridized carbons (Fsp3) is 0.263. The van der Waals surface area contributed by atoms with Gasteiger partial charge < -0.3 is 15.3 Å². The van der Waals surface area contributed by atoms with Crippen LogP contribution in [0.1, 0.15) is 13.8 Å². The second kappa shape index (κ2) is 6.48. The zero-order valence-corrected chi connectivity index (χ0v) is 17.2. The molecule has 1 fully saturated rings. The van der Waals surface area contributed by atoms with Crippen molar-refractivity contribution in [2.45, 2.75) is 34.9 Å². The molecule has 1 aliphatic rings. The van der Waals surface area contributed by atoms with Crippen molar-refractivity contribution >= 4 is 55.6 Å². The van der Waals surface area contributed by atoms with Gasteiger partial charge in [0.15, 0.2) is 5.37 Å². The molecule has 1 saturated heterocycles. The van der Waals surface area contributed by atoms with E-state index in [1.165, 1.54) is 12.1 Å². The highest BCUT2D eigenvalue weighted by atomic mass is 32.2. The normalized spacial score (nSPS) is 22.3. The second-order valence-corrected chi connectivity index (χ2v) is 10.9. The van der Waals surface area contributed by atoms with E-state index in [1.54, 1.807) is 32.0 Å². The molecule has 10 heteroatoms. The van der Waals surface area contributed by atoms with Gasteiger partial charge >= 0.3 is 5.97 Å². The Morgan fingerprint density at radius 3 is 2.45 bits per heavy atom. The highest BCUT2D eigenvalue weighted by Gasteiger charge is 2.58. The number of carboxylic acid groups (broad SMARTS) is 1. The number of amides is 1. The summed E-state index contributed by atoms with van der Waals surface area (Å²) in [5, 5.41) is 9.94. The first kappa shape index (κ1) is 19.7. The number of rotatable bonds is 4. The van der Waals surface area contributed by atoms with Gasteiger partial charge in [0, 0.05) is 21.6 Å². The summed E-state index contributed by atoms with van der Waals surface area (Å²) in [6.45, 7) is 3.15. The lowest BCUT2D eigenvalue weighted by Crippen LogP contribution is -2.52. The second-order valence-electron chi connectivity index (χ2n) is 7.31. The van der Waals surface area contributed by atoms with Crippen LogP contribution < -0.4 is 5.73 Å². The molecule has 1 aliphatic heterocycles. The summed E-state index contributed by atoms with van der Waals surface area (Å²) in [4.78, 5) is 23.7. The first-order valence-corrected chi connectivity index (χ1v) is 11.0. The number of nitrogens with zero attached hydrogens (tertiary/aromatic N) is 1. The number of nitrogens with two attached hydrogens (primary N) is 1. The standard InChI is InChI=1S/C19H18N2O6S2/c1-19(2)15(18(23)24)21(17(28-19)16(20)22)29(25,26)10-7-8-12-11-5-3-4-6-13(11)27-14(12)9-10/h3-9,15,17H,1-2H3,(H2,20,22)(H,23,24). The minimum atomic E-state index is -4.36. The van der Waals surface area contributed by atoms with Gasteiger partial charge in [0.25, 0.3) is 0 Å². The van der Waals surface area contributed by atoms with Crippen LogP contribution in [-0.2, 0) is 19.6 Å². The zero-order valence-electron chi connectivity index (χ0n) is 15.5. The molecule has 2 atom stereocenters. The van der Waals surface area contributed by atoms with Crippen molar-refractivity contribution in [1.29, 1.82) is 0 Å². The van der Waals surface area contributed by atoms with Gasteiger partial charge in [0.1, 0.15) is 17.2 Å². The molecule has 0 aliphatic carbocycles. The summed E-state index contributed by atoms with van der Waals surface area (Å²) < 4.78 is 32.2. The number of fused-ring (bicyclic) bond motifs is 3. The number of sulfonamides is 1. The van der Waals surface area contributed by atoms with E-state index in [1.807, 2.05) is 12.1 Å². The summed E-state index contributed by atoms with van der Waals surface area (Å²) in [5.41, 5.74) is 6.36. The summed E-state index contributed by atoms with van der Waals surface area (Å²) >= 11 is 0.917. The molecule has 1 aromatic heterocycles. The molecule has 3 N–H and O–H groups in total. The monoisotopic (exact) mass is 434 g/mol. The van der Waals surface area contributed by atoms with E-state index in [4.69, 9.17) is 10.2 Å². The molecule has 8 nitrogen and oxygen atoms in total. The number of hydrogen-bond donors (Lipinski definition) is 2. The number of carbonyl (C=O) groups is 2. The predicted molar refractivity (Wildman–Crippen MR) is 109 cm³/mol. The molecular weight excluding hydrogens is 416 g/mol. The van der Waals surface area contributed by atoms with E-state index in [0.717, 1.165) is 22.5 Å². The quantitative estimate of drug-likeness (QED) is 0.644. The topological polar surface area (TPSA) is 131 Å². The van der Waals surface area contributed by atoms with Crippen LogP contribution in [0.2, 0.25) is 0 Å². The highest BCUT2D eigenvalue weighted by Crippen LogP contribution is 2.47. The van der Waals surface area contributed by atoms with Crippen molar-refractivity contribution in [3.63, 3.8) is 0 Å². The molecule has 0 spiro atoms. The number of carboxylic acids is 1. The van der Waals surface area contributed by atoms with Crippen LogP contribution in [-0.4, -0.2) is 45.9 Å². The van der Waals surface area contributed by atoms with Crippen molar-refractivity contribution < 1.29 is 27.5 Å².